The number of nitrogens with zero attached hydrogens (tertiary/aromatic N) is 2. The van der Waals surface area contributed by atoms with Crippen LogP contribution in [0.15, 0.2) is 42.7 Å². The minimum absolute atomic E-state index is 1.13. The van der Waals surface area contributed by atoms with E-state index in [0.717, 1.165) is 13.1 Å². The van der Waals surface area contributed by atoms with Crippen molar-refractivity contribution in [2.24, 2.45) is 0 Å². The fourth-order valence-electron chi connectivity index (χ4n) is 4.40. The number of unbranched alkanes of at least 4 members (excludes halogenated alkanes) is 13. The van der Waals surface area contributed by atoms with Crippen molar-refractivity contribution in [2.75, 3.05) is 0 Å². The third kappa shape index (κ3) is 9.49. The van der Waals surface area contributed by atoms with E-state index in [4.69, 9.17) is 0 Å². The summed E-state index contributed by atoms with van der Waals surface area (Å²) in [5.74, 6) is 1.38. The van der Waals surface area contributed by atoms with Crippen LogP contribution in [0.5, 0.6) is 0 Å². The SMILES string of the molecule is CCCCCCCCCCCCCCn1cc[n+](CCCCC)c1-c1ccccc1. The lowest BCUT2D eigenvalue weighted by Crippen LogP contribution is -2.34. The van der Waals surface area contributed by atoms with Crippen LogP contribution in [0, 0.1) is 0 Å². The molecular formula is C28H47N2+. The summed E-state index contributed by atoms with van der Waals surface area (Å²) in [6, 6.07) is 10.9. The van der Waals surface area contributed by atoms with Gasteiger partial charge in [-0.1, -0.05) is 103 Å². The summed E-state index contributed by atoms with van der Waals surface area (Å²) >= 11 is 0. The molecule has 0 amide bonds. The third-order valence-corrected chi connectivity index (χ3v) is 6.26. The molecule has 0 fully saturated rings. The minimum Gasteiger partial charge on any atom is -0.230 e. The fourth-order valence-corrected chi connectivity index (χ4v) is 4.40. The van der Waals surface area contributed by atoms with Gasteiger partial charge in [0.05, 0.1) is 18.7 Å². The van der Waals surface area contributed by atoms with Crippen LogP contribution >= 0.6 is 0 Å². The van der Waals surface area contributed by atoms with Crippen molar-refractivity contribution in [3.05, 3.63) is 42.7 Å². The van der Waals surface area contributed by atoms with Gasteiger partial charge in [-0.2, -0.15) is 0 Å². The summed E-state index contributed by atoms with van der Waals surface area (Å²) in [5, 5.41) is 0. The smallest absolute Gasteiger partial charge is 0.230 e. The maximum Gasteiger partial charge on any atom is 0.288 e. The molecule has 1 aromatic carbocycles. The Morgan fingerprint density at radius 2 is 1.17 bits per heavy atom. The molecule has 30 heavy (non-hydrogen) atoms. The van der Waals surface area contributed by atoms with Gasteiger partial charge < -0.3 is 0 Å². The second-order valence-electron chi connectivity index (χ2n) is 8.97. The summed E-state index contributed by atoms with van der Waals surface area (Å²) in [4.78, 5) is 0. The molecule has 2 rings (SSSR count). The van der Waals surface area contributed by atoms with Gasteiger partial charge in [-0.05, 0) is 37.8 Å². The van der Waals surface area contributed by atoms with E-state index in [-0.39, 0.29) is 0 Å². The highest BCUT2D eigenvalue weighted by molar-refractivity contribution is 5.52. The molecule has 0 unspecified atom stereocenters. The first-order valence-electron chi connectivity index (χ1n) is 13.0. The number of benzene rings is 1. The lowest BCUT2D eigenvalue weighted by molar-refractivity contribution is -0.686. The molecule has 0 radical (unpaired) electrons. The number of aryl methyl sites for hydroxylation is 2. The summed E-state index contributed by atoms with van der Waals surface area (Å²) in [6.45, 7) is 6.84. The van der Waals surface area contributed by atoms with Gasteiger partial charge in [-0.3, -0.25) is 0 Å². The normalized spacial score (nSPS) is 11.3. The van der Waals surface area contributed by atoms with Crippen molar-refractivity contribution in [3.8, 4) is 11.4 Å². The molecule has 2 heteroatoms. The van der Waals surface area contributed by atoms with Gasteiger partial charge in [-0.15, -0.1) is 0 Å². The zero-order valence-corrected chi connectivity index (χ0v) is 20.0. The zero-order chi connectivity index (χ0) is 21.3. The molecule has 0 atom stereocenters. The van der Waals surface area contributed by atoms with Gasteiger partial charge >= 0.3 is 0 Å². The van der Waals surface area contributed by atoms with E-state index < -0.39 is 0 Å². The molecular weight excluding hydrogens is 364 g/mol. The Labute approximate surface area is 186 Å². The Hall–Kier alpha value is -1.57. The number of hydrogen-bond donors (Lipinski definition) is 0. The number of aromatic nitrogens is 2. The van der Waals surface area contributed by atoms with Gasteiger partial charge in [0.25, 0.3) is 5.82 Å². The van der Waals surface area contributed by atoms with E-state index in [2.05, 4.69) is 65.7 Å². The van der Waals surface area contributed by atoms with Crippen molar-refractivity contribution in [1.29, 1.82) is 0 Å². The van der Waals surface area contributed by atoms with Gasteiger partial charge in [0, 0.05) is 0 Å². The second-order valence-corrected chi connectivity index (χ2v) is 8.97. The second kappa shape index (κ2) is 16.2. The van der Waals surface area contributed by atoms with Crippen LogP contribution in [0.2, 0.25) is 0 Å². The predicted molar refractivity (Wildman–Crippen MR) is 131 cm³/mol. The highest BCUT2D eigenvalue weighted by Crippen LogP contribution is 2.18. The maximum atomic E-state index is 2.48. The zero-order valence-electron chi connectivity index (χ0n) is 20.0. The molecule has 0 N–H and O–H groups in total. The standard InChI is InChI=1S/C28H47N2/c1-3-5-7-8-9-10-11-12-13-14-15-20-24-30-26-25-29(23-19-6-4-2)28(30)27-21-17-16-18-22-27/h16-18,21-22,25-26H,3-15,19-20,23-24H2,1-2H3/q+1. The van der Waals surface area contributed by atoms with Crippen LogP contribution in [0.1, 0.15) is 110 Å². The largest absolute Gasteiger partial charge is 0.288 e. The van der Waals surface area contributed by atoms with E-state index in [1.807, 2.05) is 0 Å². The molecule has 1 heterocycles. The Balaban J connectivity index is 1.68. The van der Waals surface area contributed by atoms with Crippen molar-refractivity contribution >= 4 is 0 Å². The van der Waals surface area contributed by atoms with Crippen LogP contribution in [0.3, 0.4) is 0 Å². The molecule has 0 aliphatic carbocycles. The monoisotopic (exact) mass is 411 g/mol. The molecule has 0 bridgehead atoms. The number of rotatable bonds is 18. The highest BCUT2D eigenvalue weighted by atomic mass is 15.1. The summed E-state index contributed by atoms with van der Waals surface area (Å²) < 4.78 is 4.95. The first-order chi connectivity index (χ1) is 14.9. The van der Waals surface area contributed by atoms with Crippen LogP contribution < -0.4 is 4.57 Å². The van der Waals surface area contributed by atoms with Gasteiger partial charge in [-0.25, -0.2) is 9.13 Å². The Kier molecular flexibility index (Phi) is 13.3. The van der Waals surface area contributed by atoms with Crippen LogP contribution in [-0.4, -0.2) is 4.57 Å². The van der Waals surface area contributed by atoms with Crippen molar-refractivity contribution in [2.45, 2.75) is 123 Å². The first kappa shape index (κ1) is 24.7. The van der Waals surface area contributed by atoms with E-state index in [1.54, 1.807) is 0 Å². The minimum atomic E-state index is 1.13. The molecule has 1 aromatic heterocycles. The van der Waals surface area contributed by atoms with E-state index >= 15 is 0 Å². The molecule has 0 aliphatic heterocycles. The van der Waals surface area contributed by atoms with Crippen molar-refractivity contribution < 1.29 is 4.57 Å². The average molecular weight is 412 g/mol. The average Bonchev–Trinajstić information content (AvgIpc) is 3.18. The topological polar surface area (TPSA) is 8.81 Å². The molecule has 0 saturated heterocycles. The Morgan fingerprint density at radius 1 is 0.633 bits per heavy atom. The quantitative estimate of drug-likeness (QED) is 0.172. The maximum absolute atomic E-state index is 2.48. The summed E-state index contributed by atoms with van der Waals surface area (Å²) in [6.07, 6.45) is 25.4. The lowest BCUT2D eigenvalue weighted by Gasteiger charge is -2.06. The molecule has 0 saturated carbocycles. The van der Waals surface area contributed by atoms with Gasteiger partial charge in [0.15, 0.2) is 0 Å². The molecule has 2 aromatic rings. The summed E-state index contributed by atoms with van der Waals surface area (Å²) in [7, 11) is 0. The Bertz CT molecular complexity index is 644. The number of hydrogen-bond acceptors (Lipinski definition) is 0. The molecule has 0 aliphatic rings. The van der Waals surface area contributed by atoms with Crippen LogP contribution in [-0.2, 0) is 13.1 Å². The Morgan fingerprint density at radius 3 is 1.77 bits per heavy atom. The molecule has 0 spiro atoms. The third-order valence-electron chi connectivity index (χ3n) is 6.26. The van der Waals surface area contributed by atoms with E-state index in [9.17, 15) is 0 Å². The lowest BCUT2D eigenvalue weighted by atomic mass is 10.1. The van der Waals surface area contributed by atoms with Crippen molar-refractivity contribution in [3.63, 3.8) is 0 Å². The predicted octanol–water partition coefficient (Wildman–Crippen LogP) is 8.33. The van der Waals surface area contributed by atoms with Gasteiger partial charge in [0.2, 0.25) is 0 Å². The van der Waals surface area contributed by atoms with Crippen LogP contribution in [0.4, 0.5) is 0 Å². The van der Waals surface area contributed by atoms with E-state index in [0.29, 0.717) is 0 Å². The summed E-state index contributed by atoms with van der Waals surface area (Å²) in [5.41, 5.74) is 1.35. The number of imidazole rings is 1. The van der Waals surface area contributed by atoms with Crippen LogP contribution in [0.25, 0.3) is 11.4 Å². The molecule has 2 nitrogen and oxygen atoms in total. The molecule has 168 valence electrons. The first-order valence-corrected chi connectivity index (χ1v) is 13.0. The fraction of sp³-hybridized carbons (Fsp3) is 0.679. The van der Waals surface area contributed by atoms with E-state index in [1.165, 1.54) is 108 Å². The van der Waals surface area contributed by atoms with Crippen molar-refractivity contribution in [1.82, 2.24) is 4.57 Å². The van der Waals surface area contributed by atoms with Gasteiger partial charge in [0.1, 0.15) is 12.4 Å². The highest BCUT2D eigenvalue weighted by Gasteiger charge is 2.18.